The van der Waals surface area contributed by atoms with Crippen molar-refractivity contribution < 1.29 is 9.13 Å². The van der Waals surface area contributed by atoms with Crippen LogP contribution in [0.3, 0.4) is 0 Å². The fraction of sp³-hybridized carbons (Fsp3) is 0.286. The zero-order chi connectivity index (χ0) is 14.7. The number of anilines is 2. The van der Waals surface area contributed by atoms with E-state index in [1.165, 1.54) is 13.2 Å². The summed E-state index contributed by atoms with van der Waals surface area (Å²) in [7, 11) is 1.42. The minimum Gasteiger partial charge on any atom is -0.494 e. The molecule has 0 aliphatic heterocycles. The fourth-order valence-corrected chi connectivity index (χ4v) is 1.83. The summed E-state index contributed by atoms with van der Waals surface area (Å²) in [5, 5.41) is 3.42. The number of halogens is 2. The van der Waals surface area contributed by atoms with E-state index < -0.39 is 5.82 Å². The Kier molecular flexibility index (Phi) is 4.39. The molecule has 0 spiro atoms. The number of hydrogen-bond acceptors (Lipinski definition) is 4. The quantitative estimate of drug-likeness (QED) is 0.861. The molecule has 1 N–H and O–H groups in total. The van der Waals surface area contributed by atoms with Crippen LogP contribution >= 0.6 is 11.6 Å². The summed E-state index contributed by atoms with van der Waals surface area (Å²) in [6, 6.07) is 6.10. The van der Waals surface area contributed by atoms with Crippen molar-refractivity contribution in [1.29, 1.82) is 0 Å². The summed E-state index contributed by atoms with van der Waals surface area (Å²) in [5.74, 6) is 1.12. The van der Waals surface area contributed by atoms with Crippen molar-refractivity contribution >= 4 is 23.1 Å². The van der Waals surface area contributed by atoms with Gasteiger partial charge in [-0.2, -0.15) is 0 Å². The third-order valence-electron chi connectivity index (χ3n) is 2.65. The van der Waals surface area contributed by atoms with Gasteiger partial charge in [-0.1, -0.05) is 25.4 Å². The highest BCUT2D eigenvalue weighted by molar-refractivity contribution is 6.29. The molecule has 2 rings (SSSR count). The van der Waals surface area contributed by atoms with Crippen LogP contribution in [0.5, 0.6) is 5.75 Å². The van der Waals surface area contributed by atoms with Crippen LogP contribution in [0.2, 0.25) is 5.15 Å². The summed E-state index contributed by atoms with van der Waals surface area (Å²) in [5.41, 5.74) is 0.660. The van der Waals surface area contributed by atoms with Crippen molar-refractivity contribution in [3.63, 3.8) is 0 Å². The predicted octanol–water partition coefficient (Wildman–Crippen LogP) is 4.14. The smallest absolute Gasteiger partial charge is 0.165 e. The molecule has 0 unspecified atom stereocenters. The maximum Gasteiger partial charge on any atom is 0.165 e. The van der Waals surface area contributed by atoms with Crippen LogP contribution in [-0.2, 0) is 0 Å². The van der Waals surface area contributed by atoms with Crippen molar-refractivity contribution in [3.05, 3.63) is 41.1 Å². The van der Waals surface area contributed by atoms with Gasteiger partial charge in [-0.3, -0.25) is 0 Å². The van der Waals surface area contributed by atoms with Gasteiger partial charge in [0, 0.05) is 23.7 Å². The van der Waals surface area contributed by atoms with E-state index in [1.807, 2.05) is 13.8 Å². The monoisotopic (exact) mass is 295 g/mol. The lowest BCUT2D eigenvalue weighted by Gasteiger charge is -2.10. The van der Waals surface area contributed by atoms with Gasteiger partial charge in [0.05, 0.1) is 7.11 Å². The topological polar surface area (TPSA) is 47.0 Å². The molecule has 0 aliphatic carbocycles. The van der Waals surface area contributed by atoms with Crippen molar-refractivity contribution in [3.8, 4) is 5.75 Å². The maximum absolute atomic E-state index is 13.3. The second-order valence-electron chi connectivity index (χ2n) is 4.56. The van der Waals surface area contributed by atoms with Gasteiger partial charge >= 0.3 is 0 Å². The molecule has 0 saturated carbocycles. The fourth-order valence-electron chi connectivity index (χ4n) is 1.64. The first-order valence-electron chi connectivity index (χ1n) is 6.14. The van der Waals surface area contributed by atoms with E-state index in [0.29, 0.717) is 22.5 Å². The van der Waals surface area contributed by atoms with Gasteiger partial charge in [-0.15, -0.1) is 0 Å². The Morgan fingerprint density at radius 2 is 2.00 bits per heavy atom. The molecule has 0 saturated heterocycles. The van der Waals surface area contributed by atoms with E-state index in [-0.39, 0.29) is 11.7 Å². The molecular weight excluding hydrogens is 281 g/mol. The van der Waals surface area contributed by atoms with Crippen molar-refractivity contribution in [1.82, 2.24) is 9.97 Å². The molecule has 4 nitrogen and oxygen atoms in total. The van der Waals surface area contributed by atoms with Crippen LogP contribution in [0.1, 0.15) is 25.6 Å². The standard InChI is InChI=1S/C14H15ClFN3O/c1-8(2)14-18-12(15)7-13(19-14)17-9-4-5-10(16)11(6-9)20-3/h4-8H,1-3H3,(H,17,18,19). The molecule has 2 aromatic rings. The SMILES string of the molecule is COc1cc(Nc2cc(Cl)nc(C(C)C)n2)ccc1F. The molecule has 6 heteroatoms. The van der Waals surface area contributed by atoms with E-state index in [1.54, 1.807) is 18.2 Å². The van der Waals surface area contributed by atoms with E-state index in [4.69, 9.17) is 16.3 Å². The number of rotatable bonds is 4. The number of methoxy groups -OCH3 is 1. The molecule has 0 radical (unpaired) electrons. The van der Waals surface area contributed by atoms with E-state index in [9.17, 15) is 4.39 Å². The zero-order valence-corrected chi connectivity index (χ0v) is 12.2. The second kappa shape index (κ2) is 6.05. The van der Waals surface area contributed by atoms with Crippen LogP contribution in [-0.4, -0.2) is 17.1 Å². The number of benzene rings is 1. The Balaban J connectivity index is 2.30. The summed E-state index contributed by atoms with van der Waals surface area (Å²) in [6.07, 6.45) is 0. The third kappa shape index (κ3) is 3.36. The largest absolute Gasteiger partial charge is 0.494 e. The third-order valence-corrected chi connectivity index (χ3v) is 2.85. The Hall–Kier alpha value is -1.88. The molecule has 0 fully saturated rings. The molecular formula is C14H15ClFN3O. The summed E-state index contributed by atoms with van der Waals surface area (Å²) < 4.78 is 18.3. The Morgan fingerprint density at radius 1 is 1.25 bits per heavy atom. The first-order chi connectivity index (χ1) is 9.49. The maximum atomic E-state index is 13.3. The highest BCUT2D eigenvalue weighted by Gasteiger charge is 2.09. The van der Waals surface area contributed by atoms with E-state index >= 15 is 0 Å². The first-order valence-corrected chi connectivity index (χ1v) is 6.52. The number of aromatic nitrogens is 2. The Morgan fingerprint density at radius 3 is 2.65 bits per heavy atom. The van der Waals surface area contributed by atoms with Crippen LogP contribution in [0.15, 0.2) is 24.3 Å². The molecule has 1 aromatic heterocycles. The zero-order valence-electron chi connectivity index (χ0n) is 11.4. The van der Waals surface area contributed by atoms with Gasteiger partial charge in [0.15, 0.2) is 11.6 Å². The first kappa shape index (κ1) is 14.5. The number of hydrogen-bond donors (Lipinski definition) is 1. The lowest BCUT2D eigenvalue weighted by Crippen LogP contribution is -2.02. The van der Waals surface area contributed by atoms with Gasteiger partial charge in [0.25, 0.3) is 0 Å². The molecule has 0 atom stereocenters. The average molecular weight is 296 g/mol. The molecule has 1 aromatic carbocycles. The van der Waals surface area contributed by atoms with Crippen molar-refractivity contribution in [2.45, 2.75) is 19.8 Å². The van der Waals surface area contributed by atoms with Gasteiger partial charge in [0.1, 0.15) is 16.8 Å². The molecule has 1 heterocycles. The number of nitrogens with one attached hydrogen (secondary N) is 1. The van der Waals surface area contributed by atoms with Crippen LogP contribution in [0, 0.1) is 5.82 Å². The highest BCUT2D eigenvalue weighted by Crippen LogP contribution is 2.25. The number of ether oxygens (including phenoxy) is 1. The minimum atomic E-state index is -0.415. The molecule has 106 valence electrons. The number of nitrogens with zero attached hydrogens (tertiary/aromatic N) is 2. The molecule has 0 aliphatic rings. The highest BCUT2D eigenvalue weighted by atomic mass is 35.5. The van der Waals surface area contributed by atoms with Gasteiger partial charge in [0.2, 0.25) is 0 Å². The summed E-state index contributed by atoms with van der Waals surface area (Å²) in [4.78, 5) is 8.52. The predicted molar refractivity (Wildman–Crippen MR) is 77.4 cm³/mol. The second-order valence-corrected chi connectivity index (χ2v) is 4.95. The van der Waals surface area contributed by atoms with Gasteiger partial charge < -0.3 is 10.1 Å². The molecule has 0 bridgehead atoms. The lowest BCUT2D eigenvalue weighted by atomic mass is 10.2. The molecule has 0 amide bonds. The van der Waals surface area contributed by atoms with E-state index in [0.717, 1.165) is 0 Å². The van der Waals surface area contributed by atoms with Crippen LogP contribution < -0.4 is 10.1 Å². The minimum absolute atomic E-state index is 0.164. The Bertz CT molecular complexity index is 619. The van der Waals surface area contributed by atoms with Crippen molar-refractivity contribution in [2.75, 3.05) is 12.4 Å². The van der Waals surface area contributed by atoms with Crippen LogP contribution in [0.4, 0.5) is 15.9 Å². The summed E-state index contributed by atoms with van der Waals surface area (Å²) >= 11 is 5.97. The van der Waals surface area contributed by atoms with Gasteiger partial charge in [-0.25, -0.2) is 14.4 Å². The Labute approximate surface area is 122 Å². The van der Waals surface area contributed by atoms with Gasteiger partial charge in [-0.05, 0) is 12.1 Å². The average Bonchev–Trinajstić information content (AvgIpc) is 2.40. The molecule has 20 heavy (non-hydrogen) atoms. The lowest BCUT2D eigenvalue weighted by molar-refractivity contribution is 0.387. The van der Waals surface area contributed by atoms with E-state index in [2.05, 4.69) is 15.3 Å². The van der Waals surface area contributed by atoms with Crippen LogP contribution in [0.25, 0.3) is 0 Å². The normalized spacial score (nSPS) is 10.7. The summed E-state index contributed by atoms with van der Waals surface area (Å²) in [6.45, 7) is 3.97. The van der Waals surface area contributed by atoms with Crippen molar-refractivity contribution in [2.24, 2.45) is 0 Å².